The average molecular weight is 311 g/mol. The van der Waals surface area contributed by atoms with Crippen LogP contribution >= 0.6 is 0 Å². The van der Waals surface area contributed by atoms with Gasteiger partial charge in [0, 0.05) is 6.42 Å². The summed E-state index contributed by atoms with van der Waals surface area (Å²) in [6.07, 6.45) is 2.14. The molecule has 1 atom stereocenters. The van der Waals surface area contributed by atoms with Gasteiger partial charge in [0.05, 0.1) is 13.2 Å². The number of methoxy groups -OCH3 is 1. The van der Waals surface area contributed by atoms with Crippen molar-refractivity contribution in [3.8, 4) is 5.75 Å². The van der Waals surface area contributed by atoms with Gasteiger partial charge in [0.1, 0.15) is 5.75 Å². The summed E-state index contributed by atoms with van der Waals surface area (Å²) in [7, 11) is 1.65. The van der Waals surface area contributed by atoms with Crippen LogP contribution in [0.4, 0.5) is 0 Å². The Hall–Kier alpha value is -2.29. The molecule has 0 bridgehead atoms. The van der Waals surface area contributed by atoms with Crippen LogP contribution in [0.25, 0.3) is 0 Å². The molecule has 122 valence electrons. The van der Waals surface area contributed by atoms with Crippen LogP contribution in [0.5, 0.6) is 5.75 Å². The van der Waals surface area contributed by atoms with Crippen LogP contribution in [-0.4, -0.2) is 13.0 Å². The van der Waals surface area contributed by atoms with Gasteiger partial charge in [-0.25, -0.2) is 0 Å². The molecule has 1 amide bonds. The fraction of sp³-hybridized carbons (Fsp3) is 0.350. The molecule has 3 heteroatoms. The number of amides is 1. The van der Waals surface area contributed by atoms with Gasteiger partial charge in [-0.2, -0.15) is 0 Å². The topological polar surface area (TPSA) is 38.3 Å². The van der Waals surface area contributed by atoms with E-state index in [1.54, 1.807) is 7.11 Å². The Morgan fingerprint density at radius 3 is 2.30 bits per heavy atom. The molecule has 0 aliphatic heterocycles. The summed E-state index contributed by atoms with van der Waals surface area (Å²) in [6, 6.07) is 16.3. The number of carbonyl (C=O) groups excluding carboxylic acids is 1. The maximum absolute atomic E-state index is 12.2. The number of hydrogen-bond donors (Lipinski definition) is 1. The third-order valence-electron chi connectivity index (χ3n) is 4.02. The van der Waals surface area contributed by atoms with Gasteiger partial charge in [0.25, 0.3) is 0 Å². The zero-order chi connectivity index (χ0) is 16.7. The second kappa shape index (κ2) is 8.37. The zero-order valence-corrected chi connectivity index (χ0v) is 14.1. The molecular weight excluding hydrogens is 286 g/mol. The van der Waals surface area contributed by atoms with Crippen LogP contribution in [0, 0.1) is 6.92 Å². The summed E-state index contributed by atoms with van der Waals surface area (Å²) in [4.78, 5) is 12.2. The number of nitrogens with one attached hydrogen (secondary N) is 1. The standard InChI is InChI=1S/C20H25NO2/c1-4-19(17-10-12-18(23-3)13-11-17)21-20(22)14-9-16-7-5-15(2)6-8-16/h5-8,10-13,19H,4,9,14H2,1-3H3,(H,21,22). The third-order valence-corrected chi connectivity index (χ3v) is 4.02. The second-order valence-corrected chi connectivity index (χ2v) is 5.79. The predicted molar refractivity (Wildman–Crippen MR) is 93.7 cm³/mol. The quantitative estimate of drug-likeness (QED) is 0.832. The van der Waals surface area contributed by atoms with Crippen LogP contribution < -0.4 is 10.1 Å². The minimum absolute atomic E-state index is 0.0476. The van der Waals surface area contributed by atoms with E-state index in [0.717, 1.165) is 24.2 Å². The molecule has 2 aromatic carbocycles. The van der Waals surface area contributed by atoms with Crippen molar-refractivity contribution in [3.05, 3.63) is 65.2 Å². The lowest BCUT2D eigenvalue weighted by Gasteiger charge is -2.18. The SMILES string of the molecule is CCC(NC(=O)CCc1ccc(C)cc1)c1ccc(OC)cc1. The van der Waals surface area contributed by atoms with Gasteiger partial charge in [0.2, 0.25) is 5.91 Å². The Morgan fingerprint density at radius 2 is 1.74 bits per heavy atom. The molecule has 1 unspecified atom stereocenters. The van der Waals surface area contributed by atoms with Gasteiger partial charge in [-0.15, -0.1) is 0 Å². The first-order valence-electron chi connectivity index (χ1n) is 8.11. The molecule has 0 aliphatic rings. The molecule has 2 rings (SSSR count). The number of aryl methyl sites for hydroxylation is 2. The van der Waals surface area contributed by atoms with Crippen molar-refractivity contribution in [1.82, 2.24) is 5.32 Å². The molecule has 1 N–H and O–H groups in total. The van der Waals surface area contributed by atoms with Crippen molar-refractivity contribution in [2.75, 3.05) is 7.11 Å². The summed E-state index contributed by atoms with van der Waals surface area (Å²) >= 11 is 0. The Balaban J connectivity index is 1.89. The van der Waals surface area contributed by atoms with E-state index in [9.17, 15) is 4.79 Å². The minimum atomic E-state index is 0.0476. The van der Waals surface area contributed by atoms with Crippen LogP contribution in [0.2, 0.25) is 0 Å². The molecule has 3 nitrogen and oxygen atoms in total. The lowest BCUT2D eigenvalue weighted by molar-refractivity contribution is -0.121. The van der Waals surface area contributed by atoms with Crippen molar-refractivity contribution in [2.24, 2.45) is 0 Å². The van der Waals surface area contributed by atoms with Gasteiger partial charge < -0.3 is 10.1 Å². The van der Waals surface area contributed by atoms with Crippen molar-refractivity contribution in [2.45, 2.75) is 39.2 Å². The van der Waals surface area contributed by atoms with Gasteiger partial charge >= 0.3 is 0 Å². The maximum atomic E-state index is 12.2. The van der Waals surface area contributed by atoms with Crippen LogP contribution in [0.1, 0.15) is 42.5 Å². The highest BCUT2D eigenvalue weighted by Crippen LogP contribution is 2.20. The summed E-state index contributed by atoms with van der Waals surface area (Å²) in [5.74, 6) is 0.919. The monoisotopic (exact) mass is 311 g/mol. The van der Waals surface area contributed by atoms with Crippen molar-refractivity contribution in [3.63, 3.8) is 0 Å². The first kappa shape index (κ1) is 17.1. The molecule has 0 spiro atoms. The normalized spacial score (nSPS) is 11.8. The van der Waals surface area contributed by atoms with E-state index in [1.807, 2.05) is 24.3 Å². The van der Waals surface area contributed by atoms with E-state index < -0.39 is 0 Å². The molecule has 0 radical (unpaired) electrons. The summed E-state index contributed by atoms with van der Waals surface area (Å²) in [6.45, 7) is 4.15. The smallest absolute Gasteiger partial charge is 0.220 e. The fourth-order valence-corrected chi connectivity index (χ4v) is 2.54. The van der Waals surface area contributed by atoms with Crippen LogP contribution in [0.15, 0.2) is 48.5 Å². The van der Waals surface area contributed by atoms with Gasteiger partial charge in [-0.05, 0) is 43.0 Å². The second-order valence-electron chi connectivity index (χ2n) is 5.79. The molecular formula is C20H25NO2. The number of carbonyl (C=O) groups is 1. The van der Waals surface area contributed by atoms with Crippen LogP contribution in [-0.2, 0) is 11.2 Å². The molecule has 0 aromatic heterocycles. The molecule has 0 aliphatic carbocycles. The number of benzene rings is 2. The van der Waals surface area contributed by atoms with Gasteiger partial charge in [-0.3, -0.25) is 4.79 Å². The molecule has 0 fully saturated rings. The lowest BCUT2D eigenvalue weighted by Crippen LogP contribution is -2.28. The Bertz CT molecular complexity index is 617. The molecule has 23 heavy (non-hydrogen) atoms. The van der Waals surface area contributed by atoms with E-state index in [4.69, 9.17) is 4.74 Å². The van der Waals surface area contributed by atoms with E-state index in [-0.39, 0.29) is 11.9 Å². The van der Waals surface area contributed by atoms with Crippen molar-refractivity contribution in [1.29, 1.82) is 0 Å². The van der Waals surface area contributed by atoms with E-state index in [0.29, 0.717) is 6.42 Å². The molecule has 0 saturated heterocycles. The van der Waals surface area contributed by atoms with Gasteiger partial charge in [-0.1, -0.05) is 48.9 Å². The molecule has 2 aromatic rings. The van der Waals surface area contributed by atoms with E-state index in [2.05, 4.69) is 43.4 Å². The first-order chi connectivity index (χ1) is 11.1. The van der Waals surface area contributed by atoms with E-state index in [1.165, 1.54) is 11.1 Å². The van der Waals surface area contributed by atoms with Crippen molar-refractivity contribution < 1.29 is 9.53 Å². The minimum Gasteiger partial charge on any atom is -0.497 e. The molecule has 0 heterocycles. The Kier molecular flexibility index (Phi) is 6.21. The highest BCUT2D eigenvalue weighted by atomic mass is 16.5. The predicted octanol–water partition coefficient (Wildman–Crippen LogP) is 4.20. The van der Waals surface area contributed by atoms with Crippen LogP contribution in [0.3, 0.4) is 0 Å². The Labute approximate surface area is 138 Å². The van der Waals surface area contributed by atoms with Crippen molar-refractivity contribution >= 4 is 5.91 Å². The highest BCUT2D eigenvalue weighted by molar-refractivity contribution is 5.76. The first-order valence-corrected chi connectivity index (χ1v) is 8.11. The largest absolute Gasteiger partial charge is 0.497 e. The summed E-state index contributed by atoms with van der Waals surface area (Å²) < 4.78 is 5.17. The fourth-order valence-electron chi connectivity index (χ4n) is 2.54. The summed E-state index contributed by atoms with van der Waals surface area (Å²) in [5.41, 5.74) is 3.55. The Morgan fingerprint density at radius 1 is 1.09 bits per heavy atom. The van der Waals surface area contributed by atoms with E-state index >= 15 is 0 Å². The number of hydrogen-bond acceptors (Lipinski definition) is 2. The highest BCUT2D eigenvalue weighted by Gasteiger charge is 2.12. The average Bonchev–Trinajstić information content (AvgIpc) is 2.59. The maximum Gasteiger partial charge on any atom is 0.220 e. The lowest BCUT2D eigenvalue weighted by atomic mass is 10.0. The summed E-state index contributed by atoms with van der Waals surface area (Å²) in [5, 5.41) is 3.12. The molecule has 0 saturated carbocycles. The number of ether oxygens (including phenoxy) is 1. The van der Waals surface area contributed by atoms with Gasteiger partial charge in [0.15, 0.2) is 0 Å². The number of rotatable bonds is 7. The zero-order valence-electron chi connectivity index (χ0n) is 14.1. The third kappa shape index (κ3) is 5.13.